The van der Waals surface area contributed by atoms with Crippen LogP contribution in [0.5, 0.6) is 0 Å². The molecule has 0 unspecified atom stereocenters. The molecule has 0 radical (unpaired) electrons. The standard InChI is InChI=1S/C10H13N7O2/c1-17(2)9(18)6-3-4-7(14-13-6)11-5-8-12-10(19)16-15-8/h3-4H,5H2,1-2H3,(H,11,14)(H2,12,15,16,19). The number of aromatic nitrogens is 5. The summed E-state index contributed by atoms with van der Waals surface area (Å²) in [5.74, 6) is 0.732. The lowest BCUT2D eigenvalue weighted by Gasteiger charge is -2.09. The Hall–Kier alpha value is -2.71. The maximum absolute atomic E-state index is 11.6. The maximum Gasteiger partial charge on any atom is 0.340 e. The second-order valence-corrected chi connectivity index (χ2v) is 3.98. The quantitative estimate of drug-likeness (QED) is 0.664. The summed E-state index contributed by atoms with van der Waals surface area (Å²) in [5, 5.41) is 16.6. The van der Waals surface area contributed by atoms with Crippen LogP contribution in [0.2, 0.25) is 0 Å². The molecule has 2 aromatic heterocycles. The number of rotatable bonds is 4. The summed E-state index contributed by atoms with van der Waals surface area (Å²) in [4.78, 5) is 26.3. The van der Waals surface area contributed by atoms with Crippen molar-refractivity contribution in [2.75, 3.05) is 19.4 Å². The van der Waals surface area contributed by atoms with Gasteiger partial charge in [-0.1, -0.05) is 0 Å². The van der Waals surface area contributed by atoms with Crippen LogP contribution in [0.25, 0.3) is 0 Å². The molecule has 2 aromatic rings. The molecule has 0 saturated heterocycles. The second kappa shape index (κ2) is 5.29. The third kappa shape index (κ3) is 3.15. The summed E-state index contributed by atoms with van der Waals surface area (Å²) in [7, 11) is 3.29. The number of hydrogen-bond donors (Lipinski definition) is 3. The van der Waals surface area contributed by atoms with Crippen LogP contribution < -0.4 is 11.0 Å². The molecule has 2 rings (SSSR count). The number of aromatic amines is 2. The topological polar surface area (TPSA) is 120 Å². The number of nitrogens with one attached hydrogen (secondary N) is 3. The fraction of sp³-hybridized carbons (Fsp3) is 0.300. The van der Waals surface area contributed by atoms with Gasteiger partial charge in [0.2, 0.25) is 0 Å². The summed E-state index contributed by atoms with van der Waals surface area (Å²) in [6, 6.07) is 3.21. The fourth-order valence-electron chi connectivity index (χ4n) is 1.33. The summed E-state index contributed by atoms with van der Waals surface area (Å²) in [5.41, 5.74) is -0.0986. The summed E-state index contributed by atoms with van der Waals surface area (Å²) in [6.45, 7) is 0.300. The van der Waals surface area contributed by atoms with E-state index in [1.54, 1.807) is 26.2 Å². The molecule has 0 bridgehead atoms. The SMILES string of the molecule is CN(C)C(=O)c1ccc(NCc2n[nH]c(=O)[nH]2)nn1. The van der Waals surface area contributed by atoms with E-state index in [0.29, 0.717) is 18.2 Å². The van der Waals surface area contributed by atoms with E-state index < -0.39 is 0 Å². The molecule has 0 spiro atoms. The van der Waals surface area contributed by atoms with Crippen molar-refractivity contribution in [1.82, 2.24) is 30.3 Å². The number of carbonyl (C=O) groups excluding carboxylic acids is 1. The van der Waals surface area contributed by atoms with E-state index in [1.165, 1.54) is 4.90 Å². The number of hydrogen-bond acceptors (Lipinski definition) is 6. The molecule has 0 aliphatic rings. The molecule has 0 atom stereocenters. The maximum atomic E-state index is 11.6. The van der Waals surface area contributed by atoms with Crippen LogP contribution in [0, 0.1) is 0 Å². The van der Waals surface area contributed by atoms with Crippen molar-refractivity contribution in [2.24, 2.45) is 0 Å². The zero-order valence-corrected chi connectivity index (χ0v) is 10.5. The van der Waals surface area contributed by atoms with Crippen molar-refractivity contribution < 1.29 is 4.79 Å². The molecule has 0 aromatic carbocycles. The zero-order chi connectivity index (χ0) is 13.8. The Bertz CT molecular complexity index is 613. The van der Waals surface area contributed by atoms with E-state index in [2.05, 4.69) is 30.7 Å². The number of carbonyl (C=O) groups is 1. The van der Waals surface area contributed by atoms with Crippen molar-refractivity contribution in [3.63, 3.8) is 0 Å². The molecule has 0 saturated carbocycles. The predicted octanol–water partition coefficient (Wildman–Crippen LogP) is -0.798. The van der Waals surface area contributed by atoms with E-state index in [0.717, 1.165) is 0 Å². The zero-order valence-electron chi connectivity index (χ0n) is 10.5. The lowest BCUT2D eigenvalue weighted by atomic mass is 10.3. The molecule has 2 heterocycles. The Balaban J connectivity index is 1.99. The first-order valence-electron chi connectivity index (χ1n) is 5.49. The highest BCUT2D eigenvalue weighted by Crippen LogP contribution is 2.04. The van der Waals surface area contributed by atoms with Crippen LogP contribution in [0.1, 0.15) is 16.3 Å². The molecule has 100 valence electrons. The molecule has 19 heavy (non-hydrogen) atoms. The third-order valence-electron chi connectivity index (χ3n) is 2.28. The first-order valence-corrected chi connectivity index (χ1v) is 5.49. The average Bonchev–Trinajstić information content (AvgIpc) is 2.82. The minimum absolute atomic E-state index is 0.212. The van der Waals surface area contributed by atoms with E-state index >= 15 is 0 Å². The molecular formula is C10H13N7O2. The van der Waals surface area contributed by atoms with Gasteiger partial charge in [0.15, 0.2) is 5.69 Å². The number of H-pyrrole nitrogens is 2. The van der Waals surface area contributed by atoms with Gasteiger partial charge in [-0.3, -0.25) is 9.78 Å². The Labute approximate surface area is 108 Å². The van der Waals surface area contributed by atoms with Gasteiger partial charge < -0.3 is 10.2 Å². The van der Waals surface area contributed by atoms with Crippen molar-refractivity contribution in [1.29, 1.82) is 0 Å². The van der Waals surface area contributed by atoms with Crippen molar-refractivity contribution in [3.05, 3.63) is 34.1 Å². The van der Waals surface area contributed by atoms with Gasteiger partial charge in [-0.15, -0.1) is 10.2 Å². The van der Waals surface area contributed by atoms with Gasteiger partial charge in [0.05, 0.1) is 6.54 Å². The lowest BCUT2D eigenvalue weighted by Crippen LogP contribution is -2.23. The van der Waals surface area contributed by atoms with Gasteiger partial charge in [0.1, 0.15) is 11.6 Å². The van der Waals surface area contributed by atoms with E-state index in [4.69, 9.17) is 0 Å². The van der Waals surface area contributed by atoms with Crippen molar-refractivity contribution >= 4 is 11.7 Å². The van der Waals surface area contributed by atoms with Gasteiger partial charge in [0.25, 0.3) is 5.91 Å². The van der Waals surface area contributed by atoms with Crippen LogP contribution in [0.4, 0.5) is 5.82 Å². The molecule has 0 fully saturated rings. The monoisotopic (exact) mass is 263 g/mol. The minimum atomic E-state index is -0.366. The van der Waals surface area contributed by atoms with Crippen molar-refractivity contribution in [2.45, 2.75) is 6.54 Å². The Morgan fingerprint density at radius 2 is 2.16 bits per heavy atom. The second-order valence-electron chi connectivity index (χ2n) is 3.98. The Morgan fingerprint density at radius 3 is 2.68 bits per heavy atom. The number of amides is 1. The summed E-state index contributed by atoms with van der Waals surface area (Å²) < 4.78 is 0. The molecule has 9 heteroatoms. The molecule has 3 N–H and O–H groups in total. The lowest BCUT2D eigenvalue weighted by molar-refractivity contribution is 0.0821. The van der Waals surface area contributed by atoms with Gasteiger partial charge >= 0.3 is 5.69 Å². The van der Waals surface area contributed by atoms with E-state index in [9.17, 15) is 9.59 Å². The molecule has 0 aliphatic carbocycles. The van der Waals surface area contributed by atoms with Gasteiger partial charge in [-0.05, 0) is 12.1 Å². The number of anilines is 1. The van der Waals surface area contributed by atoms with Crippen molar-refractivity contribution in [3.8, 4) is 0 Å². The van der Waals surface area contributed by atoms with Crippen LogP contribution in [-0.2, 0) is 6.54 Å². The first-order chi connectivity index (χ1) is 9.06. The van der Waals surface area contributed by atoms with Gasteiger partial charge in [0, 0.05) is 14.1 Å². The fourth-order valence-corrected chi connectivity index (χ4v) is 1.33. The van der Waals surface area contributed by atoms with Crippen LogP contribution in [0.15, 0.2) is 16.9 Å². The Morgan fingerprint density at radius 1 is 1.37 bits per heavy atom. The highest BCUT2D eigenvalue weighted by molar-refractivity contribution is 5.91. The predicted molar refractivity (Wildman–Crippen MR) is 66.6 cm³/mol. The van der Waals surface area contributed by atoms with Crippen LogP contribution >= 0.6 is 0 Å². The molecule has 0 aliphatic heterocycles. The summed E-state index contributed by atoms with van der Waals surface area (Å²) >= 11 is 0. The Kier molecular flexibility index (Phi) is 3.55. The average molecular weight is 263 g/mol. The van der Waals surface area contributed by atoms with E-state index in [-0.39, 0.29) is 17.3 Å². The largest absolute Gasteiger partial charge is 0.361 e. The van der Waals surface area contributed by atoms with Crippen LogP contribution in [-0.4, -0.2) is 50.3 Å². The van der Waals surface area contributed by atoms with Gasteiger partial charge in [-0.25, -0.2) is 9.89 Å². The van der Waals surface area contributed by atoms with Gasteiger partial charge in [-0.2, -0.15) is 5.10 Å². The highest BCUT2D eigenvalue weighted by atomic mass is 16.2. The number of nitrogens with zero attached hydrogens (tertiary/aromatic N) is 4. The van der Waals surface area contributed by atoms with E-state index in [1.807, 2.05) is 0 Å². The highest BCUT2D eigenvalue weighted by Gasteiger charge is 2.10. The van der Waals surface area contributed by atoms with Crippen LogP contribution in [0.3, 0.4) is 0 Å². The molecule has 9 nitrogen and oxygen atoms in total. The smallest absolute Gasteiger partial charge is 0.340 e. The first kappa shape index (κ1) is 12.7. The summed E-state index contributed by atoms with van der Waals surface area (Å²) in [6.07, 6.45) is 0. The third-order valence-corrected chi connectivity index (χ3v) is 2.28. The normalized spacial score (nSPS) is 10.2. The molecule has 1 amide bonds. The molecular weight excluding hydrogens is 250 g/mol. The minimum Gasteiger partial charge on any atom is -0.361 e.